The first-order valence-electron chi connectivity index (χ1n) is 10.6. The third-order valence-corrected chi connectivity index (χ3v) is 5.49. The molecule has 0 saturated carbocycles. The molecule has 0 atom stereocenters. The highest BCUT2D eigenvalue weighted by Gasteiger charge is 2.16. The van der Waals surface area contributed by atoms with Crippen LogP contribution < -0.4 is 10.3 Å². The minimum absolute atomic E-state index is 0.236. The number of para-hydroxylation sites is 2. The molecule has 0 unspecified atom stereocenters. The first kappa shape index (κ1) is 22.4. The van der Waals surface area contributed by atoms with E-state index in [1.807, 2.05) is 36.4 Å². The highest BCUT2D eigenvalue weighted by Crippen LogP contribution is 2.27. The van der Waals surface area contributed by atoms with Gasteiger partial charge in [0.05, 0.1) is 24.2 Å². The number of furan rings is 1. The van der Waals surface area contributed by atoms with Crippen LogP contribution in [0.1, 0.15) is 5.56 Å². The van der Waals surface area contributed by atoms with Crippen LogP contribution in [0.2, 0.25) is 5.02 Å². The molecule has 0 aliphatic heterocycles. The number of hydrogen-bond acceptors (Lipinski definition) is 7. The van der Waals surface area contributed by atoms with E-state index in [4.69, 9.17) is 20.8 Å². The number of esters is 1. The molecule has 0 amide bonds. The molecule has 8 nitrogen and oxygen atoms in total. The largest absolute Gasteiger partial charge is 0.481 e. The first-order chi connectivity index (χ1) is 17.0. The molecule has 3 aromatic carbocycles. The molecule has 9 heteroatoms. The summed E-state index contributed by atoms with van der Waals surface area (Å²) in [6.07, 6.45) is 1.42. The molecule has 0 aliphatic rings. The SMILES string of the molecule is COC(=O)COc1ccc(Cl)cc1C=Nn1c(-c2cc3ccccc3o2)nc2ccccc2c1=O. The summed E-state index contributed by atoms with van der Waals surface area (Å²) in [5.41, 5.74) is 1.26. The molecule has 0 spiro atoms. The maximum Gasteiger partial charge on any atom is 0.343 e. The predicted octanol–water partition coefficient (Wildman–Crippen LogP) is 4.90. The van der Waals surface area contributed by atoms with Crippen molar-refractivity contribution in [1.29, 1.82) is 0 Å². The molecule has 0 aliphatic carbocycles. The Morgan fingerprint density at radius 2 is 1.91 bits per heavy atom. The van der Waals surface area contributed by atoms with Gasteiger partial charge < -0.3 is 13.9 Å². The lowest BCUT2D eigenvalue weighted by atomic mass is 10.2. The molecule has 35 heavy (non-hydrogen) atoms. The zero-order valence-corrected chi connectivity index (χ0v) is 19.2. The zero-order valence-electron chi connectivity index (χ0n) is 18.5. The van der Waals surface area contributed by atoms with Gasteiger partial charge in [0, 0.05) is 16.0 Å². The molecule has 0 radical (unpaired) electrons. The van der Waals surface area contributed by atoms with Gasteiger partial charge in [0.1, 0.15) is 11.3 Å². The van der Waals surface area contributed by atoms with E-state index >= 15 is 0 Å². The van der Waals surface area contributed by atoms with Crippen LogP contribution in [-0.4, -0.2) is 35.6 Å². The standard InChI is InChI=1S/C26H18ClN3O5/c1-33-24(31)15-34-21-11-10-18(27)12-17(21)14-28-30-25(23-13-16-6-2-5-9-22(16)35-23)29-20-8-4-3-7-19(20)26(30)32/h2-14H,15H2,1H3. The van der Waals surface area contributed by atoms with Crippen LogP contribution in [0.4, 0.5) is 0 Å². The summed E-state index contributed by atoms with van der Waals surface area (Å²) < 4.78 is 17.3. The van der Waals surface area contributed by atoms with E-state index < -0.39 is 5.97 Å². The second kappa shape index (κ2) is 9.44. The Balaban J connectivity index is 1.65. The zero-order chi connectivity index (χ0) is 24.4. The minimum atomic E-state index is -0.537. The monoisotopic (exact) mass is 487 g/mol. The van der Waals surface area contributed by atoms with Crippen LogP contribution in [-0.2, 0) is 9.53 Å². The normalized spacial score (nSPS) is 11.4. The van der Waals surface area contributed by atoms with Gasteiger partial charge in [0.2, 0.25) is 5.82 Å². The quantitative estimate of drug-likeness (QED) is 0.250. The Labute approximate surface area is 204 Å². The molecule has 2 aromatic heterocycles. The molecule has 174 valence electrons. The number of aromatic nitrogens is 2. The van der Waals surface area contributed by atoms with Crippen molar-refractivity contribution in [3.63, 3.8) is 0 Å². The van der Waals surface area contributed by atoms with E-state index in [1.165, 1.54) is 18.0 Å². The second-order valence-electron chi connectivity index (χ2n) is 7.51. The molecule has 2 heterocycles. The summed E-state index contributed by atoms with van der Waals surface area (Å²) in [6.45, 7) is -0.291. The molecular weight excluding hydrogens is 470 g/mol. The molecule has 0 saturated heterocycles. The third-order valence-electron chi connectivity index (χ3n) is 5.26. The summed E-state index contributed by atoms with van der Waals surface area (Å²) in [4.78, 5) is 29.6. The van der Waals surface area contributed by atoms with Crippen molar-refractivity contribution in [3.05, 3.63) is 93.7 Å². The Kier molecular flexibility index (Phi) is 6.03. The van der Waals surface area contributed by atoms with Crippen molar-refractivity contribution >= 4 is 45.7 Å². The van der Waals surface area contributed by atoms with Crippen LogP contribution in [0.3, 0.4) is 0 Å². The Hall–Kier alpha value is -4.43. The van der Waals surface area contributed by atoms with Crippen molar-refractivity contribution in [2.75, 3.05) is 13.7 Å². The van der Waals surface area contributed by atoms with E-state index in [2.05, 4.69) is 14.8 Å². The van der Waals surface area contributed by atoms with Crippen LogP contribution in [0.25, 0.3) is 33.5 Å². The van der Waals surface area contributed by atoms with E-state index in [0.29, 0.717) is 38.6 Å². The molecular formula is C26H18ClN3O5. The first-order valence-corrected chi connectivity index (χ1v) is 11.0. The highest BCUT2D eigenvalue weighted by atomic mass is 35.5. The summed E-state index contributed by atoms with van der Waals surface area (Å²) in [5.74, 6) is 0.431. The molecule has 0 N–H and O–H groups in total. The van der Waals surface area contributed by atoms with E-state index in [9.17, 15) is 9.59 Å². The predicted molar refractivity (Wildman–Crippen MR) is 133 cm³/mol. The summed E-state index contributed by atoms with van der Waals surface area (Å²) in [5, 5.41) is 6.12. The number of carbonyl (C=O) groups is 1. The van der Waals surface area contributed by atoms with Gasteiger partial charge in [-0.15, -0.1) is 0 Å². The van der Waals surface area contributed by atoms with Crippen LogP contribution >= 0.6 is 11.6 Å². The molecule has 0 fully saturated rings. The fraction of sp³-hybridized carbons (Fsp3) is 0.0769. The average molecular weight is 488 g/mol. The minimum Gasteiger partial charge on any atom is -0.481 e. The molecule has 5 rings (SSSR count). The van der Waals surface area contributed by atoms with Crippen LogP contribution in [0.15, 0.2) is 87.1 Å². The van der Waals surface area contributed by atoms with Gasteiger partial charge in [-0.2, -0.15) is 9.78 Å². The fourth-order valence-electron chi connectivity index (χ4n) is 3.55. The number of fused-ring (bicyclic) bond motifs is 2. The Morgan fingerprint density at radius 3 is 2.74 bits per heavy atom. The van der Waals surface area contributed by atoms with Gasteiger partial charge in [0.15, 0.2) is 12.4 Å². The number of nitrogens with zero attached hydrogens (tertiary/aromatic N) is 3. The van der Waals surface area contributed by atoms with Crippen LogP contribution in [0, 0.1) is 0 Å². The maximum atomic E-state index is 13.4. The van der Waals surface area contributed by atoms with E-state index in [-0.39, 0.29) is 18.0 Å². The van der Waals surface area contributed by atoms with Gasteiger partial charge in [-0.25, -0.2) is 9.78 Å². The lowest BCUT2D eigenvalue weighted by Gasteiger charge is -2.10. The third kappa shape index (κ3) is 4.51. The van der Waals surface area contributed by atoms with Gasteiger partial charge in [-0.05, 0) is 42.5 Å². The van der Waals surface area contributed by atoms with Gasteiger partial charge in [-0.3, -0.25) is 4.79 Å². The Bertz CT molecular complexity index is 1620. The second-order valence-corrected chi connectivity index (χ2v) is 7.95. The lowest BCUT2D eigenvalue weighted by molar-refractivity contribution is -0.142. The smallest absolute Gasteiger partial charge is 0.343 e. The average Bonchev–Trinajstić information content (AvgIpc) is 3.31. The van der Waals surface area contributed by atoms with Crippen molar-refractivity contribution in [2.24, 2.45) is 5.10 Å². The fourth-order valence-corrected chi connectivity index (χ4v) is 3.73. The van der Waals surface area contributed by atoms with Gasteiger partial charge in [-0.1, -0.05) is 41.9 Å². The van der Waals surface area contributed by atoms with Crippen molar-refractivity contribution in [1.82, 2.24) is 9.66 Å². The van der Waals surface area contributed by atoms with Crippen LogP contribution in [0.5, 0.6) is 5.75 Å². The molecule has 0 bridgehead atoms. The number of hydrogen-bond donors (Lipinski definition) is 0. The number of ether oxygens (including phenoxy) is 2. The number of halogens is 1. The lowest BCUT2D eigenvalue weighted by Crippen LogP contribution is -2.20. The van der Waals surface area contributed by atoms with E-state index in [0.717, 1.165) is 5.39 Å². The number of rotatable bonds is 6. The summed E-state index contributed by atoms with van der Waals surface area (Å²) in [7, 11) is 1.27. The van der Waals surface area contributed by atoms with Gasteiger partial charge in [0.25, 0.3) is 5.56 Å². The number of benzene rings is 3. The van der Waals surface area contributed by atoms with Crippen molar-refractivity contribution in [2.45, 2.75) is 0 Å². The van der Waals surface area contributed by atoms with Crippen molar-refractivity contribution < 1.29 is 18.7 Å². The number of methoxy groups -OCH3 is 1. The van der Waals surface area contributed by atoms with Gasteiger partial charge >= 0.3 is 5.97 Å². The highest BCUT2D eigenvalue weighted by molar-refractivity contribution is 6.30. The van der Waals surface area contributed by atoms with Crippen molar-refractivity contribution in [3.8, 4) is 17.3 Å². The van der Waals surface area contributed by atoms with E-state index in [1.54, 1.807) is 36.4 Å². The maximum absolute atomic E-state index is 13.4. The summed E-state index contributed by atoms with van der Waals surface area (Å²) >= 11 is 6.17. The Morgan fingerprint density at radius 1 is 1.11 bits per heavy atom. The topological polar surface area (TPSA) is 95.9 Å². The molecule has 5 aromatic rings. The number of carbonyl (C=O) groups excluding carboxylic acids is 1. The summed E-state index contributed by atoms with van der Waals surface area (Å²) in [6, 6.07) is 21.2.